The van der Waals surface area contributed by atoms with Crippen molar-refractivity contribution in [1.82, 2.24) is 4.98 Å². The first-order chi connectivity index (χ1) is 6.43. The van der Waals surface area contributed by atoms with Crippen molar-refractivity contribution >= 4 is 5.97 Å². The highest BCUT2D eigenvalue weighted by Crippen LogP contribution is 2.26. The monoisotopic (exact) mass is 205 g/mol. The summed E-state index contributed by atoms with van der Waals surface area (Å²) in [7, 11) is 0. The van der Waals surface area contributed by atoms with E-state index >= 15 is 0 Å². The van der Waals surface area contributed by atoms with Gasteiger partial charge in [0.1, 0.15) is 0 Å². The molecule has 0 unspecified atom stereocenters. The van der Waals surface area contributed by atoms with Crippen LogP contribution in [0.3, 0.4) is 0 Å². The van der Waals surface area contributed by atoms with E-state index in [1.807, 2.05) is 0 Å². The first-order valence-electron chi connectivity index (χ1n) is 3.95. The largest absolute Gasteiger partial charge is 0.475 e. The second kappa shape index (κ2) is 3.73. The van der Waals surface area contributed by atoms with Crippen LogP contribution in [0.4, 0.5) is 8.78 Å². The molecule has 1 rings (SSSR count). The van der Waals surface area contributed by atoms with Crippen LogP contribution in [0.1, 0.15) is 48.3 Å². The van der Waals surface area contributed by atoms with E-state index in [1.165, 1.54) is 0 Å². The van der Waals surface area contributed by atoms with Crippen LogP contribution >= 0.6 is 0 Å². The highest BCUT2D eigenvalue weighted by atomic mass is 19.3. The predicted molar refractivity (Wildman–Crippen MR) is 42.5 cm³/mol. The Morgan fingerprint density at radius 2 is 2.07 bits per heavy atom. The van der Waals surface area contributed by atoms with Crippen LogP contribution < -0.4 is 0 Å². The van der Waals surface area contributed by atoms with Gasteiger partial charge in [-0.15, -0.1) is 0 Å². The second-order valence-electron chi connectivity index (χ2n) is 3.03. The van der Waals surface area contributed by atoms with E-state index in [0.717, 1.165) is 0 Å². The number of aromatic carboxylic acids is 1. The molecule has 0 radical (unpaired) electrons. The molecule has 0 amide bonds. The molecule has 4 nitrogen and oxygen atoms in total. The minimum Gasteiger partial charge on any atom is -0.475 e. The summed E-state index contributed by atoms with van der Waals surface area (Å²) in [6.45, 7) is 3.35. The minimum atomic E-state index is -2.93. The molecule has 0 bridgehead atoms. The fourth-order valence-electron chi connectivity index (χ4n) is 0.897. The van der Waals surface area contributed by atoms with E-state index in [-0.39, 0.29) is 11.8 Å². The van der Waals surface area contributed by atoms with E-state index in [0.29, 0.717) is 0 Å². The quantitative estimate of drug-likeness (QED) is 0.823. The molecule has 0 fully saturated rings. The summed E-state index contributed by atoms with van der Waals surface area (Å²) in [5.74, 6) is -2.51. The number of nitrogens with zero attached hydrogens (tertiary/aromatic N) is 1. The van der Waals surface area contributed by atoms with E-state index in [9.17, 15) is 13.6 Å². The molecule has 0 aromatic carbocycles. The number of halogens is 2. The lowest BCUT2D eigenvalue weighted by Gasteiger charge is -1.94. The molecular weight excluding hydrogens is 196 g/mol. The highest BCUT2D eigenvalue weighted by Gasteiger charge is 2.26. The Morgan fingerprint density at radius 1 is 1.50 bits per heavy atom. The zero-order valence-electron chi connectivity index (χ0n) is 7.62. The van der Waals surface area contributed by atoms with Crippen molar-refractivity contribution in [3.8, 4) is 0 Å². The average molecular weight is 205 g/mol. The number of carbonyl (C=O) groups is 1. The second-order valence-corrected chi connectivity index (χ2v) is 3.03. The maximum atomic E-state index is 12.3. The summed E-state index contributed by atoms with van der Waals surface area (Å²) in [6, 6.07) is 0. The van der Waals surface area contributed by atoms with Crippen molar-refractivity contribution in [2.24, 2.45) is 0 Å². The fraction of sp³-hybridized carbons (Fsp3) is 0.500. The Kier molecular flexibility index (Phi) is 2.83. The number of oxazole rings is 1. The Labute approximate surface area is 78.6 Å². The van der Waals surface area contributed by atoms with Gasteiger partial charge in [-0.2, -0.15) is 0 Å². The van der Waals surface area contributed by atoms with Crippen molar-refractivity contribution in [3.63, 3.8) is 0 Å². The maximum absolute atomic E-state index is 12.3. The van der Waals surface area contributed by atoms with Crippen molar-refractivity contribution in [2.45, 2.75) is 26.2 Å². The molecule has 1 aromatic rings. The SMILES string of the molecule is CC(C)c1nc(C(F)F)c(C(=O)O)o1. The Bertz CT molecular complexity index is 346. The maximum Gasteiger partial charge on any atom is 0.374 e. The van der Waals surface area contributed by atoms with Crippen molar-refractivity contribution in [2.75, 3.05) is 0 Å². The van der Waals surface area contributed by atoms with Crippen molar-refractivity contribution in [3.05, 3.63) is 17.3 Å². The van der Waals surface area contributed by atoms with Gasteiger partial charge in [-0.25, -0.2) is 18.6 Å². The zero-order chi connectivity index (χ0) is 10.9. The van der Waals surface area contributed by atoms with Gasteiger partial charge in [-0.05, 0) is 0 Å². The van der Waals surface area contributed by atoms with Gasteiger partial charge in [0.15, 0.2) is 11.6 Å². The van der Waals surface area contributed by atoms with E-state index in [1.54, 1.807) is 13.8 Å². The van der Waals surface area contributed by atoms with Gasteiger partial charge in [-0.3, -0.25) is 0 Å². The topological polar surface area (TPSA) is 63.3 Å². The van der Waals surface area contributed by atoms with Crippen LogP contribution in [0.5, 0.6) is 0 Å². The van der Waals surface area contributed by atoms with Gasteiger partial charge in [0.2, 0.25) is 5.76 Å². The number of hydrogen-bond acceptors (Lipinski definition) is 3. The summed E-state index contributed by atoms with van der Waals surface area (Å²) >= 11 is 0. The molecule has 0 aliphatic carbocycles. The Morgan fingerprint density at radius 3 is 2.36 bits per heavy atom. The summed E-state index contributed by atoms with van der Waals surface area (Å²) in [6.07, 6.45) is -2.93. The van der Waals surface area contributed by atoms with E-state index in [2.05, 4.69) is 4.98 Å². The van der Waals surface area contributed by atoms with Gasteiger partial charge < -0.3 is 9.52 Å². The summed E-state index contributed by atoms with van der Waals surface area (Å²) < 4.78 is 29.3. The third-order valence-corrected chi connectivity index (χ3v) is 1.56. The van der Waals surface area contributed by atoms with Gasteiger partial charge in [-0.1, -0.05) is 13.8 Å². The van der Waals surface area contributed by atoms with Crippen LogP contribution in [0, 0.1) is 0 Å². The lowest BCUT2D eigenvalue weighted by Crippen LogP contribution is -1.99. The van der Waals surface area contributed by atoms with Crippen LogP contribution in [-0.2, 0) is 0 Å². The molecule has 78 valence electrons. The number of carboxylic acid groups (broad SMARTS) is 1. The molecule has 0 aliphatic heterocycles. The molecule has 0 saturated heterocycles. The number of aromatic nitrogens is 1. The molecule has 1 heterocycles. The lowest BCUT2D eigenvalue weighted by molar-refractivity contribution is 0.0644. The van der Waals surface area contributed by atoms with Crippen LogP contribution in [0.15, 0.2) is 4.42 Å². The smallest absolute Gasteiger partial charge is 0.374 e. The molecular formula is C8H9F2NO3. The van der Waals surface area contributed by atoms with E-state index in [4.69, 9.17) is 9.52 Å². The zero-order valence-corrected chi connectivity index (χ0v) is 7.62. The summed E-state index contributed by atoms with van der Waals surface area (Å²) in [5, 5.41) is 8.54. The van der Waals surface area contributed by atoms with Crippen LogP contribution in [0.25, 0.3) is 0 Å². The number of alkyl halides is 2. The third-order valence-electron chi connectivity index (χ3n) is 1.56. The lowest BCUT2D eigenvalue weighted by atomic mass is 10.2. The molecule has 1 N–H and O–H groups in total. The van der Waals surface area contributed by atoms with Crippen molar-refractivity contribution in [1.29, 1.82) is 0 Å². The third kappa shape index (κ3) is 1.89. The summed E-state index contributed by atoms with van der Waals surface area (Å²) in [5.41, 5.74) is -0.804. The Balaban J connectivity index is 3.19. The normalized spacial score (nSPS) is 11.3. The molecule has 0 spiro atoms. The summed E-state index contributed by atoms with van der Waals surface area (Å²) in [4.78, 5) is 13.9. The average Bonchev–Trinajstić information content (AvgIpc) is 2.47. The van der Waals surface area contributed by atoms with E-state index < -0.39 is 23.8 Å². The molecule has 0 aliphatic rings. The molecule has 14 heavy (non-hydrogen) atoms. The van der Waals surface area contributed by atoms with Gasteiger partial charge in [0.25, 0.3) is 6.43 Å². The molecule has 0 atom stereocenters. The van der Waals surface area contributed by atoms with Crippen LogP contribution in [0.2, 0.25) is 0 Å². The minimum absolute atomic E-state index is 0.0118. The Hall–Kier alpha value is -1.46. The number of hydrogen-bond donors (Lipinski definition) is 1. The van der Waals surface area contributed by atoms with Crippen molar-refractivity contribution < 1.29 is 23.1 Å². The van der Waals surface area contributed by atoms with Crippen LogP contribution in [-0.4, -0.2) is 16.1 Å². The molecule has 6 heteroatoms. The standard InChI is InChI=1S/C8H9F2NO3/c1-3(2)7-11-4(6(9)10)5(14-7)8(12)13/h3,6H,1-2H3,(H,12,13). The first-order valence-corrected chi connectivity index (χ1v) is 3.95. The number of carboxylic acids is 1. The first kappa shape index (κ1) is 10.6. The predicted octanol–water partition coefficient (Wildman–Crippen LogP) is 2.43. The number of rotatable bonds is 3. The van der Waals surface area contributed by atoms with Gasteiger partial charge in [0, 0.05) is 5.92 Å². The van der Waals surface area contributed by atoms with Gasteiger partial charge in [0.05, 0.1) is 0 Å². The van der Waals surface area contributed by atoms with Gasteiger partial charge >= 0.3 is 5.97 Å². The fourth-order valence-corrected chi connectivity index (χ4v) is 0.897. The molecule has 0 saturated carbocycles. The highest BCUT2D eigenvalue weighted by molar-refractivity contribution is 5.85. The molecule has 1 aromatic heterocycles.